The van der Waals surface area contributed by atoms with Crippen molar-refractivity contribution >= 4 is 28.9 Å². The van der Waals surface area contributed by atoms with Gasteiger partial charge < -0.3 is 19.8 Å². The summed E-state index contributed by atoms with van der Waals surface area (Å²) in [6, 6.07) is 5.32. The fourth-order valence-electron chi connectivity index (χ4n) is 1.83. The van der Waals surface area contributed by atoms with E-state index in [2.05, 4.69) is 10.6 Å². The van der Waals surface area contributed by atoms with Gasteiger partial charge >= 0.3 is 0 Å². The minimum Gasteiger partial charge on any atom is -0.482 e. The molecule has 19 heavy (non-hydrogen) atoms. The zero-order valence-electron chi connectivity index (χ0n) is 9.90. The molecule has 0 fully saturated rings. The van der Waals surface area contributed by atoms with Crippen molar-refractivity contribution in [3.8, 4) is 5.75 Å². The lowest BCUT2D eigenvalue weighted by Crippen LogP contribution is -2.25. The lowest BCUT2D eigenvalue weighted by Gasteiger charge is -2.19. The van der Waals surface area contributed by atoms with Gasteiger partial charge in [-0.1, -0.05) is 11.6 Å². The topological polar surface area (TPSA) is 63.5 Å². The summed E-state index contributed by atoms with van der Waals surface area (Å²) in [5, 5.41) is 6.42. The molecule has 1 aromatic heterocycles. The Morgan fingerprint density at radius 1 is 1.42 bits per heavy atom. The lowest BCUT2D eigenvalue weighted by atomic mass is 10.2. The average molecular weight is 279 g/mol. The third-order valence-electron chi connectivity index (χ3n) is 2.77. The minimum absolute atomic E-state index is 0.0236. The van der Waals surface area contributed by atoms with Gasteiger partial charge in [-0.15, -0.1) is 0 Å². The quantitative estimate of drug-likeness (QED) is 0.906. The molecule has 2 heterocycles. The van der Waals surface area contributed by atoms with E-state index >= 15 is 0 Å². The van der Waals surface area contributed by atoms with Crippen LogP contribution in [0.25, 0.3) is 0 Å². The Hall–Kier alpha value is -2.14. The number of hydrogen-bond acceptors (Lipinski definition) is 4. The SMILES string of the molecule is O=C1COc2cc(NCc3ccoc3)c(Cl)cc2N1. The van der Waals surface area contributed by atoms with Crippen molar-refractivity contribution in [1.82, 2.24) is 0 Å². The van der Waals surface area contributed by atoms with Crippen molar-refractivity contribution in [3.63, 3.8) is 0 Å². The second-order valence-electron chi connectivity index (χ2n) is 4.15. The fourth-order valence-corrected chi connectivity index (χ4v) is 2.06. The van der Waals surface area contributed by atoms with Gasteiger partial charge in [0, 0.05) is 18.2 Å². The van der Waals surface area contributed by atoms with Crippen LogP contribution in [0.2, 0.25) is 5.02 Å². The van der Waals surface area contributed by atoms with Crippen molar-refractivity contribution in [2.45, 2.75) is 6.54 Å². The average Bonchev–Trinajstić information content (AvgIpc) is 2.89. The molecule has 0 saturated heterocycles. The molecule has 98 valence electrons. The molecular weight excluding hydrogens is 268 g/mol. The first-order valence-electron chi connectivity index (χ1n) is 5.73. The van der Waals surface area contributed by atoms with Gasteiger partial charge in [0.2, 0.25) is 0 Å². The van der Waals surface area contributed by atoms with Gasteiger partial charge in [-0.2, -0.15) is 0 Å². The molecule has 0 spiro atoms. The zero-order chi connectivity index (χ0) is 13.2. The van der Waals surface area contributed by atoms with Gasteiger partial charge in [0.05, 0.1) is 28.9 Å². The molecule has 0 atom stereocenters. The van der Waals surface area contributed by atoms with Crippen LogP contribution in [0.1, 0.15) is 5.56 Å². The van der Waals surface area contributed by atoms with Gasteiger partial charge in [0.25, 0.3) is 5.91 Å². The maximum atomic E-state index is 11.2. The summed E-state index contributed by atoms with van der Waals surface area (Å²) in [7, 11) is 0. The number of carbonyl (C=O) groups is 1. The molecule has 0 aliphatic carbocycles. The van der Waals surface area contributed by atoms with E-state index in [-0.39, 0.29) is 12.5 Å². The number of furan rings is 1. The predicted octanol–water partition coefficient (Wildman–Crippen LogP) is 2.88. The number of ether oxygens (including phenoxy) is 1. The number of fused-ring (bicyclic) bond motifs is 1. The van der Waals surface area contributed by atoms with E-state index in [1.807, 2.05) is 6.07 Å². The highest BCUT2D eigenvalue weighted by Crippen LogP contribution is 2.36. The molecular formula is C13H11ClN2O3. The molecule has 0 unspecified atom stereocenters. The van der Waals surface area contributed by atoms with E-state index < -0.39 is 0 Å². The molecule has 2 N–H and O–H groups in total. The summed E-state index contributed by atoms with van der Waals surface area (Å²) in [6.07, 6.45) is 3.28. The number of amides is 1. The van der Waals surface area contributed by atoms with Crippen LogP contribution in [0.3, 0.4) is 0 Å². The molecule has 1 amide bonds. The number of benzene rings is 1. The third-order valence-corrected chi connectivity index (χ3v) is 3.08. The first-order valence-corrected chi connectivity index (χ1v) is 6.11. The predicted molar refractivity (Wildman–Crippen MR) is 71.6 cm³/mol. The lowest BCUT2D eigenvalue weighted by molar-refractivity contribution is -0.118. The van der Waals surface area contributed by atoms with Crippen LogP contribution >= 0.6 is 11.6 Å². The summed E-state index contributed by atoms with van der Waals surface area (Å²) in [6.45, 7) is 0.622. The Morgan fingerprint density at radius 2 is 2.32 bits per heavy atom. The van der Waals surface area contributed by atoms with Gasteiger partial charge in [0.1, 0.15) is 5.75 Å². The Kier molecular flexibility index (Phi) is 3.05. The van der Waals surface area contributed by atoms with E-state index in [1.165, 1.54) is 0 Å². The number of carbonyl (C=O) groups excluding carboxylic acids is 1. The van der Waals surface area contributed by atoms with E-state index in [0.29, 0.717) is 23.0 Å². The van der Waals surface area contributed by atoms with Crippen molar-refractivity contribution in [2.24, 2.45) is 0 Å². The van der Waals surface area contributed by atoms with Gasteiger partial charge in [-0.25, -0.2) is 0 Å². The first-order chi connectivity index (χ1) is 9.22. The number of nitrogens with one attached hydrogen (secondary N) is 2. The number of anilines is 2. The van der Waals surface area contributed by atoms with Gasteiger partial charge in [-0.3, -0.25) is 4.79 Å². The summed E-state index contributed by atoms with van der Waals surface area (Å²) < 4.78 is 10.3. The third kappa shape index (κ3) is 2.51. The molecule has 3 rings (SSSR count). The van der Waals surface area contributed by atoms with E-state index in [9.17, 15) is 4.79 Å². The molecule has 0 saturated carbocycles. The fraction of sp³-hybridized carbons (Fsp3) is 0.154. The highest BCUT2D eigenvalue weighted by atomic mass is 35.5. The van der Waals surface area contributed by atoms with Crippen LogP contribution < -0.4 is 15.4 Å². The van der Waals surface area contributed by atoms with E-state index in [1.54, 1.807) is 24.7 Å². The highest BCUT2D eigenvalue weighted by Gasteiger charge is 2.18. The molecule has 0 bridgehead atoms. The van der Waals surface area contributed by atoms with Gasteiger partial charge in [0.15, 0.2) is 6.61 Å². The maximum absolute atomic E-state index is 11.2. The van der Waals surface area contributed by atoms with Crippen LogP contribution in [0, 0.1) is 0 Å². The summed E-state index contributed by atoms with van der Waals surface area (Å²) in [4.78, 5) is 11.2. The largest absolute Gasteiger partial charge is 0.482 e. The second kappa shape index (κ2) is 4.85. The molecule has 2 aromatic rings. The van der Waals surface area contributed by atoms with Crippen LogP contribution in [0.4, 0.5) is 11.4 Å². The number of rotatable bonds is 3. The van der Waals surface area contributed by atoms with E-state index in [0.717, 1.165) is 11.3 Å². The maximum Gasteiger partial charge on any atom is 0.262 e. The Balaban J connectivity index is 1.80. The van der Waals surface area contributed by atoms with Crippen molar-refractivity contribution in [2.75, 3.05) is 17.2 Å². The molecule has 1 aliphatic rings. The van der Waals surface area contributed by atoms with Crippen LogP contribution in [-0.2, 0) is 11.3 Å². The smallest absolute Gasteiger partial charge is 0.262 e. The van der Waals surface area contributed by atoms with E-state index in [4.69, 9.17) is 20.8 Å². The minimum atomic E-state index is -0.178. The van der Waals surface area contributed by atoms with Crippen molar-refractivity contribution in [3.05, 3.63) is 41.3 Å². The molecule has 5 nitrogen and oxygen atoms in total. The molecule has 1 aromatic carbocycles. The van der Waals surface area contributed by atoms with Crippen LogP contribution in [-0.4, -0.2) is 12.5 Å². The van der Waals surface area contributed by atoms with Gasteiger partial charge in [-0.05, 0) is 12.1 Å². The zero-order valence-corrected chi connectivity index (χ0v) is 10.7. The van der Waals surface area contributed by atoms with Crippen LogP contribution in [0.5, 0.6) is 5.75 Å². The Labute approximate surface area is 114 Å². The summed E-state index contributed by atoms with van der Waals surface area (Å²) in [5.74, 6) is 0.432. The summed E-state index contributed by atoms with van der Waals surface area (Å²) >= 11 is 6.16. The number of halogens is 1. The first kappa shape index (κ1) is 11.9. The standard InChI is InChI=1S/C13H11ClN2O3/c14-9-3-11-12(19-7-13(17)16-11)4-10(9)15-5-8-1-2-18-6-8/h1-4,6,15H,5,7H2,(H,16,17). The molecule has 6 heteroatoms. The molecule has 1 aliphatic heterocycles. The van der Waals surface area contributed by atoms with Crippen LogP contribution in [0.15, 0.2) is 35.1 Å². The Bertz CT molecular complexity index is 611. The second-order valence-corrected chi connectivity index (χ2v) is 4.56. The van der Waals surface area contributed by atoms with Crippen molar-refractivity contribution < 1.29 is 13.9 Å². The number of hydrogen-bond donors (Lipinski definition) is 2. The normalized spacial score (nSPS) is 13.4. The monoisotopic (exact) mass is 278 g/mol. The Morgan fingerprint density at radius 3 is 3.11 bits per heavy atom. The molecule has 0 radical (unpaired) electrons. The van der Waals surface area contributed by atoms with Crippen molar-refractivity contribution in [1.29, 1.82) is 0 Å². The highest BCUT2D eigenvalue weighted by molar-refractivity contribution is 6.33. The summed E-state index contributed by atoms with van der Waals surface area (Å²) in [5.41, 5.74) is 2.36.